The van der Waals surface area contributed by atoms with Gasteiger partial charge in [-0.05, 0) is 35.9 Å². The molecule has 0 aliphatic rings. The Morgan fingerprint density at radius 3 is 2.95 bits per heavy atom. The van der Waals surface area contributed by atoms with E-state index in [-0.39, 0.29) is 0 Å². The number of carboxylic acid groups (broad SMARTS) is 1. The second kappa shape index (κ2) is 5.77. The van der Waals surface area contributed by atoms with Gasteiger partial charge >= 0.3 is 5.97 Å². The van der Waals surface area contributed by atoms with Crippen LogP contribution in [0.2, 0.25) is 0 Å². The molecule has 0 aliphatic heterocycles. The van der Waals surface area contributed by atoms with Crippen molar-refractivity contribution >= 4 is 5.97 Å². The monoisotopic (exact) mass is 278 g/mol. The molecule has 106 valence electrons. The number of carbonyl (C=O) groups is 1. The highest BCUT2D eigenvalue weighted by molar-refractivity contribution is 5.69. The number of tetrazole rings is 1. The Hall–Kier alpha value is -2.31. The van der Waals surface area contributed by atoms with Crippen LogP contribution in [-0.2, 0) is 11.3 Å². The topological polar surface area (TPSA) is 80.9 Å². The number of hydrogen-bond acceptors (Lipinski definition) is 4. The smallest absolute Gasteiger partial charge is 0.306 e. The highest BCUT2D eigenvalue weighted by Crippen LogP contribution is 2.21. The van der Waals surface area contributed by atoms with Crippen LogP contribution < -0.4 is 0 Å². The van der Waals surface area contributed by atoms with E-state index >= 15 is 0 Å². The first-order valence-electron chi connectivity index (χ1n) is 6.24. The zero-order chi connectivity index (χ0) is 14.7. The lowest BCUT2D eigenvalue weighted by Crippen LogP contribution is -2.14. The minimum absolute atomic E-state index is 0.309. The van der Waals surface area contributed by atoms with E-state index in [1.807, 2.05) is 6.92 Å². The maximum absolute atomic E-state index is 13.8. The van der Waals surface area contributed by atoms with Crippen molar-refractivity contribution in [1.29, 1.82) is 0 Å². The van der Waals surface area contributed by atoms with Crippen molar-refractivity contribution in [3.63, 3.8) is 0 Å². The zero-order valence-corrected chi connectivity index (χ0v) is 11.2. The van der Waals surface area contributed by atoms with Crippen LogP contribution in [0.3, 0.4) is 0 Å². The van der Waals surface area contributed by atoms with Crippen LogP contribution in [0.5, 0.6) is 0 Å². The summed E-state index contributed by atoms with van der Waals surface area (Å²) in [7, 11) is 0. The second-order valence-corrected chi connectivity index (χ2v) is 4.74. The first-order valence-corrected chi connectivity index (χ1v) is 6.24. The summed E-state index contributed by atoms with van der Waals surface area (Å²) in [5.41, 5.74) is 1.22. The Labute approximate surface area is 115 Å². The van der Waals surface area contributed by atoms with Gasteiger partial charge < -0.3 is 5.11 Å². The van der Waals surface area contributed by atoms with Gasteiger partial charge in [-0.1, -0.05) is 18.6 Å². The Balaban J connectivity index is 2.24. The third-order valence-corrected chi connectivity index (χ3v) is 3.09. The molecule has 0 radical (unpaired) electrons. The van der Waals surface area contributed by atoms with Crippen LogP contribution in [0.1, 0.15) is 18.9 Å². The number of rotatable bonds is 5. The lowest BCUT2D eigenvalue weighted by atomic mass is 10.1. The average molecular weight is 278 g/mol. The number of aliphatic carboxylic acids is 1. The van der Waals surface area contributed by atoms with Gasteiger partial charge in [-0.25, -0.2) is 9.07 Å². The Bertz CT molecular complexity index is 627. The Morgan fingerprint density at radius 1 is 1.50 bits per heavy atom. The normalized spacial score (nSPS) is 12.3. The lowest BCUT2D eigenvalue weighted by Gasteiger charge is -2.08. The summed E-state index contributed by atoms with van der Waals surface area (Å²) in [6.07, 6.45) is 0.376. The molecule has 1 aromatic carbocycles. The molecule has 20 heavy (non-hydrogen) atoms. The van der Waals surface area contributed by atoms with Crippen LogP contribution in [0.4, 0.5) is 4.39 Å². The fourth-order valence-corrected chi connectivity index (χ4v) is 1.80. The van der Waals surface area contributed by atoms with Crippen molar-refractivity contribution in [2.45, 2.75) is 26.8 Å². The summed E-state index contributed by atoms with van der Waals surface area (Å²) < 4.78 is 15.3. The molecular weight excluding hydrogens is 263 g/mol. The van der Waals surface area contributed by atoms with Crippen molar-refractivity contribution in [1.82, 2.24) is 20.2 Å². The van der Waals surface area contributed by atoms with Gasteiger partial charge in [-0.15, -0.1) is 5.10 Å². The third-order valence-electron chi connectivity index (χ3n) is 3.09. The van der Waals surface area contributed by atoms with E-state index < -0.39 is 17.7 Å². The first-order chi connectivity index (χ1) is 9.49. The van der Waals surface area contributed by atoms with Crippen LogP contribution in [0.15, 0.2) is 18.2 Å². The maximum atomic E-state index is 13.8. The Kier molecular flexibility index (Phi) is 4.07. The quantitative estimate of drug-likeness (QED) is 0.903. The summed E-state index contributed by atoms with van der Waals surface area (Å²) in [6, 6.07) is 4.70. The molecule has 0 aliphatic carbocycles. The molecule has 0 fully saturated rings. The summed E-state index contributed by atoms with van der Waals surface area (Å²) >= 11 is 0. The zero-order valence-electron chi connectivity index (χ0n) is 11.2. The van der Waals surface area contributed by atoms with Crippen molar-refractivity contribution in [3.05, 3.63) is 29.6 Å². The minimum atomic E-state index is -0.874. The van der Waals surface area contributed by atoms with Crippen LogP contribution in [0, 0.1) is 18.7 Å². The number of aromatic nitrogens is 4. The molecule has 0 spiro atoms. The molecule has 0 saturated carbocycles. The summed E-state index contributed by atoms with van der Waals surface area (Å²) in [4.78, 5) is 10.8. The number of halogens is 1. The van der Waals surface area contributed by atoms with Gasteiger partial charge in [-0.3, -0.25) is 4.79 Å². The molecule has 1 heterocycles. The van der Waals surface area contributed by atoms with Crippen molar-refractivity contribution in [2.24, 2.45) is 5.92 Å². The molecule has 7 heteroatoms. The van der Waals surface area contributed by atoms with E-state index in [9.17, 15) is 9.18 Å². The largest absolute Gasteiger partial charge is 0.481 e. The van der Waals surface area contributed by atoms with E-state index in [0.29, 0.717) is 24.4 Å². The van der Waals surface area contributed by atoms with Gasteiger partial charge in [0.15, 0.2) is 5.82 Å². The molecular formula is C13H15FN4O2. The molecule has 0 bridgehead atoms. The molecule has 1 atom stereocenters. The summed E-state index contributed by atoms with van der Waals surface area (Å²) in [6.45, 7) is 3.78. The van der Waals surface area contributed by atoms with Gasteiger partial charge in [0.2, 0.25) is 0 Å². The molecule has 2 rings (SSSR count). The SMILES string of the molecule is Cc1ccc(F)c(-c2nnnn2CCC(C)C(=O)O)c1. The van der Waals surface area contributed by atoms with Gasteiger partial charge in [0, 0.05) is 6.54 Å². The van der Waals surface area contributed by atoms with Gasteiger partial charge in [0.1, 0.15) is 5.82 Å². The number of hydrogen-bond donors (Lipinski definition) is 1. The van der Waals surface area contributed by atoms with E-state index in [4.69, 9.17) is 5.11 Å². The molecule has 6 nitrogen and oxygen atoms in total. The van der Waals surface area contributed by atoms with Gasteiger partial charge in [0.25, 0.3) is 0 Å². The molecule has 2 aromatic rings. The second-order valence-electron chi connectivity index (χ2n) is 4.74. The van der Waals surface area contributed by atoms with Crippen molar-refractivity contribution in [3.8, 4) is 11.4 Å². The summed E-state index contributed by atoms with van der Waals surface area (Å²) in [5, 5.41) is 20.0. The fraction of sp³-hybridized carbons (Fsp3) is 0.385. The third kappa shape index (κ3) is 2.98. The predicted molar refractivity (Wildman–Crippen MR) is 69.4 cm³/mol. The number of nitrogens with zero attached hydrogens (tertiary/aromatic N) is 4. The Morgan fingerprint density at radius 2 is 2.25 bits per heavy atom. The average Bonchev–Trinajstić information content (AvgIpc) is 2.86. The van der Waals surface area contributed by atoms with Crippen LogP contribution in [0.25, 0.3) is 11.4 Å². The van der Waals surface area contributed by atoms with Gasteiger partial charge in [-0.2, -0.15) is 0 Å². The lowest BCUT2D eigenvalue weighted by molar-refractivity contribution is -0.141. The van der Waals surface area contributed by atoms with Gasteiger partial charge in [0.05, 0.1) is 11.5 Å². The molecule has 1 N–H and O–H groups in total. The standard InChI is InChI=1S/C13H15FN4O2/c1-8-3-4-11(14)10(7-8)12-15-16-17-18(12)6-5-9(2)13(19)20/h3-4,7,9H,5-6H2,1-2H3,(H,19,20). The van der Waals surface area contributed by atoms with E-state index in [1.54, 1.807) is 19.1 Å². The first kappa shape index (κ1) is 14.1. The molecule has 0 saturated heterocycles. The molecule has 1 aromatic heterocycles. The van der Waals surface area contributed by atoms with Crippen molar-refractivity contribution < 1.29 is 14.3 Å². The highest BCUT2D eigenvalue weighted by atomic mass is 19.1. The predicted octanol–water partition coefficient (Wildman–Crippen LogP) is 1.90. The fourth-order valence-electron chi connectivity index (χ4n) is 1.80. The van der Waals surface area contributed by atoms with Crippen LogP contribution in [-0.4, -0.2) is 31.3 Å². The van der Waals surface area contributed by atoms with E-state index in [1.165, 1.54) is 10.7 Å². The molecule has 0 amide bonds. The number of aryl methyl sites for hydroxylation is 2. The summed E-state index contributed by atoms with van der Waals surface area (Å²) in [5.74, 6) is -1.47. The maximum Gasteiger partial charge on any atom is 0.306 e. The van der Waals surface area contributed by atoms with Crippen molar-refractivity contribution in [2.75, 3.05) is 0 Å². The number of benzene rings is 1. The minimum Gasteiger partial charge on any atom is -0.481 e. The molecule has 1 unspecified atom stereocenters. The van der Waals surface area contributed by atoms with E-state index in [2.05, 4.69) is 15.5 Å². The highest BCUT2D eigenvalue weighted by Gasteiger charge is 2.16. The van der Waals surface area contributed by atoms with Crippen LogP contribution >= 0.6 is 0 Å². The van der Waals surface area contributed by atoms with E-state index in [0.717, 1.165) is 5.56 Å². The number of carboxylic acids is 1.